The van der Waals surface area contributed by atoms with Crippen molar-refractivity contribution < 1.29 is 9.90 Å². The first-order valence-corrected chi connectivity index (χ1v) is 7.82. The van der Waals surface area contributed by atoms with Gasteiger partial charge in [-0.15, -0.1) is 0 Å². The van der Waals surface area contributed by atoms with E-state index >= 15 is 0 Å². The van der Waals surface area contributed by atoms with Crippen LogP contribution in [0.15, 0.2) is 36.4 Å². The fourth-order valence-electron chi connectivity index (χ4n) is 1.49. The smallest absolute Gasteiger partial charge is 0.159 e. The van der Waals surface area contributed by atoms with E-state index in [-0.39, 0.29) is 5.78 Å². The molecular formula is C16H14Cl4O2. The highest BCUT2D eigenvalue weighted by Gasteiger charge is 2.03. The second-order valence-corrected chi connectivity index (χ2v) is 6.16. The number of rotatable bonds is 2. The summed E-state index contributed by atoms with van der Waals surface area (Å²) in [4.78, 5) is 10.8. The predicted molar refractivity (Wildman–Crippen MR) is 93.6 cm³/mol. The Morgan fingerprint density at radius 3 is 1.82 bits per heavy atom. The Balaban J connectivity index is 0.000000220. The molecule has 0 amide bonds. The van der Waals surface area contributed by atoms with Gasteiger partial charge in [0.2, 0.25) is 0 Å². The van der Waals surface area contributed by atoms with Crippen LogP contribution in [-0.2, 0) is 0 Å². The SMILES string of the molecule is CC(=O)c1ccc(Cl)c(Cl)c1.CC(O)c1ccc(Cl)c(Cl)c1. The molecule has 1 N–H and O–H groups in total. The van der Waals surface area contributed by atoms with Gasteiger partial charge >= 0.3 is 0 Å². The number of halogens is 4. The number of hydrogen-bond acceptors (Lipinski definition) is 2. The third-order valence-corrected chi connectivity index (χ3v) is 4.23. The maximum absolute atomic E-state index is 10.8. The van der Waals surface area contributed by atoms with E-state index in [0.717, 1.165) is 5.56 Å². The molecule has 0 bridgehead atoms. The van der Waals surface area contributed by atoms with E-state index in [4.69, 9.17) is 51.5 Å². The van der Waals surface area contributed by atoms with Crippen molar-refractivity contribution in [3.8, 4) is 0 Å². The molecule has 2 aromatic carbocycles. The normalized spacial score (nSPS) is 11.4. The number of hydrogen-bond donors (Lipinski definition) is 1. The lowest BCUT2D eigenvalue weighted by atomic mass is 10.1. The monoisotopic (exact) mass is 378 g/mol. The van der Waals surface area contributed by atoms with Crippen molar-refractivity contribution in [3.63, 3.8) is 0 Å². The Labute approximate surface area is 149 Å². The molecule has 0 aliphatic carbocycles. The summed E-state index contributed by atoms with van der Waals surface area (Å²) in [5.41, 5.74) is 1.36. The maximum Gasteiger partial charge on any atom is 0.159 e. The number of ketones is 1. The van der Waals surface area contributed by atoms with E-state index in [1.165, 1.54) is 6.92 Å². The standard InChI is InChI=1S/C8H8Cl2O.C8H6Cl2O/c2*1-5(11)6-2-3-7(9)8(10)4-6/h2-5,11H,1H3;2-4H,1H3. The second kappa shape index (κ2) is 8.76. The summed E-state index contributed by atoms with van der Waals surface area (Å²) in [6, 6.07) is 9.91. The van der Waals surface area contributed by atoms with Crippen molar-refractivity contribution in [1.29, 1.82) is 0 Å². The van der Waals surface area contributed by atoms with Gasteiger partial charge < -0.3 is 5.11 Å². The van der Waals surface area contributed by atoms with Crippen molar-refractivity contribution in [2.75, 3.05) is 0 Å². The van der Waals surface area contributed by atoms with Gasteiger partial charge in [-0.3, -0.25) is 4.79 Å². The van der Waals surface area contributed by atoms with Gasteiger partial charge in [-0.25, -0.2) is 0 Å². The molecule has 2 rings (SSSR count). The lowest BCUT2D eigenvalue weighted by Gasteiger charge is -2.04. The molecule has 0 aliphatic rings. The summed E-state index contributed by atoms with van der Waals surface area (Å²) < 4.78 is 0. The van der Waals surface area contributed by atoms with E-state index in [9.17, 15) is 4.79 Å². The second-order valence-electron chi connectivity index (χ2n) is 4.53. The van der Waals surface area contributed by atoms with Crippen LogP contribution in [0.5, 0.6) is 0 Å². The van der Waals surface area contributed by atoms with Crippen molar-refractivity contribution in [2.45, 2.75) is 20.0 Å². The molecule has 118 valence electrons. The average molecular weight is 380 g/mol. The molecule has 22 heavy (non-hydrogen) atoms. The Morgan fingerprint density at radius 2 is 1.41 bits per heavy atom. The molecule has 2 aromatic rings. The lowest BCUT2D eigenvalue weighted by molar-refractivity contribution is 0.101. The molecule has 6 heteroatoms. The molecule has 0 aromatic heterocycles. The van der Waals surface area contributed by atoms with Crippen LogP contribution in [0.2, 0.25) is 20.1 Å². The van der Waals surface area contributed by atoms with Gasteiger partial charge in [0.25, 0.3) is 0 Å². The number of Topliss-reactive ketones (excluding diaryl/α,β-unsaturated/α-hetero) is 1. The first-order valence-electron chi connectivity index (χ1n) is 6.31. The van der Waals surface area contributed by atoms with Crippen LogP contribution in [0, 0.1) is 0 Å². The molecule has 0 radical (unpaired) electrons. The first-order chi connectivity index (χ1) is 10.2. The highest BCUT2D eigenvalue weighted by atomic mass is 35.5. The van der Waals surface area contributed by atoms with Gasteiger partial charge in [0, 0.05) is 5.56 Å². The summed E-state index contributed by atoms with van der Waals surface area (Å²) in [7, 11) is 0. The number of aliphatic hydroxyl groups is 1. The van der Waals surface area contributed by atoms with Gasteiger partial charge in [0.15, 0.2) is 5.78 Å². The molecule has 0 saturated heterocycles. The van der Waals surface area contributed by atoms with Gasteiger partial charge in [-0.05, 0) is 49.7 Å². The van der Waals surface area contributed by atoms with Crippen LogP contribution in [0.25, 0.3) is 0 Å². The third kappa shape index (κ3) is 5.79. The van der Waals surface area contributed by atoms with E-state index < -0.39 is 6.10 Å². The Bertz CT molecular complexity index is 669. The Hall–Kier alpha value is -0.770. The van der Waals surface area contributed by atoms with Crippen molar-refractivity contribution in [1.82, 2.24) is 0 Å². The minimum Gasteiger partial charge on any atom is -0.389 e. The quantitative estimate of drug-likeness (QED) is 0.626. The molecule has 1 unspecified atom stereocenters. The van der Waals surface area contributed by atoms with Crippen molar-refractivity contribution >= 4 is 52.2 Å². The van der Waals surface area contributed by atoms with Crippen LogP contribution >= 0.6 is 46.4 Å². The number of benzene rings is 2. The minimum atomic E-state index is -0.496. The van der Waals surface area contributed by atoms with Crippen LogP contribution < -0.4 is 0 Å². The highest BCUT2D eigenvalue weighted by Crippen LogP contribution is 2.25. The van der Waals surface area contributed by atoms with E-state index in [2.05, 4.69) is 0 Å². The lowest BCUT2D eigenvalue weighted by Crippen LogP contribution is -1.90. The summed E-state index contributed by atoms with van der Waals surface area (Å²) in [5, 5.41) is 11.0. The average Bonchev–Trinajstić information content (AvgIpc) is 2.45. The zero-order valence-corrected chi connectivity index (χ0v) is 14.9. The number of aliphatic hydroxyl groups excluding tert-OH is 1. The zero-order valence-electron chi connectivity index (χ0n) is 11.9. The van der Waals surface area contributed by atoms with Crippen LogP contribution in [0.4, 0.5) is 0 Å². The molecular weight excluding hydrogens is 366 g/mol. The number of carbonyl (C=O) groups excluding carboxylic acids is 1. The maximum atomic E-state index is 10.8. The summed E-state index contributed by atoms with van der Waals surface area (Å²) in [6.07, 6.45) is -0.496. The van der Waals surface area contributed by atoms with Crippen molar-refractivity contribution in [2.24, 2.45) is 0 Å². The Morgan fingerprint density at radius 1 is 0.909 bits per heavy atom. The van der Waals surface area contributed by atoms with Gasteiger partial charge in [0.1, 0.15) is 0 Å². The first kappa shape index (κ1) is 19.3. The van der Waals surface area contributed by atoms with Gasteiger partial charge in [-0.1, -0.05) is 52.5 Å². The van der Waals surface area contributed by atoms with Crippen LogP contribution in [0.1, 0.15) is 35.9 Å². The van der Waals surface area contributed by atoms with E-state index in [1.807, 2.05) is 0 Å². The largest absolute Gasteiger partial charge is 0.389 e. The van der Waals surface area contributed by atoms with Gasteiger partial charge in [0.05, 0.1) is 26.2 Å². The third-order valence-electron chi connectivity index (χ3n) is 2.75. The van der Waals surface area contributed by atoms with Crippen molar-refractivity contribution in [3.05, 3.63) is 67.6 Å². The predicted octanol–water partition coefficient (Wildman–Crippen LogP) is 6.24. The zero-order chi connectivity index (χ0) is 16.9. The fraction of sp³-hybridized carbons (Fsp3) is 0.188. The van der Waals surface area contributed by atoms with Crippen LogP contribution in [0.3, 0.4) is 0 Å². The molecule has 0 fully saturated rings. The molecule has 0 aliphatic heterocycles. The highest BCUT2D eigenvalue weighted by molar-refractivity contribution is 6.42. The molecule has 0 saturated carbocycles. The fourth-order valence-corrected chi connectivity index (χ4v) is 2.09. The molecule has 0 heterocycles. The Kier molecular flexibility index (Phi) is 7.67. The molecule has 1 atom stereocenters. The van der Waals surface area contributed by atoms with Crippen LogP contribution in [-0.4, -0.2) is 10.9 Å². The number of carbonyl (C=O) groups is 1. The minimum absolute atomic E-state index is 0.0106. The van der Waals surface area contributed by atoms with E-state index in [1.54, 1.807) is 43.3 Å². The summed E-state index contributed by atoms with van der Waals surface area (Å²) >= 11 is 22.7. The molecule has 0 spiro atoms. The van der Waals surface area contributed by atoms with E-state index in [0.29, 0.717) is 25.7 Å². The molecule has 2 nitrogen and oxygen atoms in total. The summed E-state index contributed by atoms with van der Waals surface area (Å²) in [5.74, 6) is -0.0106. The topological polar surface area (TPSA) is 37.3 Å². The summed E-state index contributed by atoms with van der Waals surface area (Å²) in [6.45, 7) is 3.17. The van der Waals surface area contributed by atoms with Gasteiger partial charge in [-0.2, -0.15) is 0 Å².